The molecule has 4 saturated carbocycles. The molecule has 5 rings (SSSR count). The highest BCUT2D eigenvalue weighted by molar-refractivity contribution is 5.95. The summed E-state index contributed by atoms with van der Waals surface area (Å²) in [4.78, 5) is 36.6. The van der Waals surface area contributed by atoms with Gasteiger partial charge in [-0.15, -0.1) is 0 Å². The number of amides is 3. The Hall–Kier alpha value is -2.44. The zero-order valence-corrected chi connectivity index (χ0v) is 15.8. The Bertz CT molecular complexity index is 760. The zero-order chi connectivity index (χ0) is 19.7. The van der Waals surface area contributed by atoms with Gasteiger partial charge in [-0.25, -0.2) is 4.39 Å². The van der Waals surface area contributed by atoms with E-state index in [1.165, 1.54) is 37.5 Å². The minimum Gasteiger partial charge on any atom is -0.355 e. The van der Waals surface area contributed by atoms with E-state index in [0.717, 1.165) is 19.3 Å². The highest BCUT2D eigenvalue weighted by atomic mass is 19.1. The molecule has 0 atom stereocenters. The highest BCUT2D eigenvalue weighted by Crippen LogP contribution is 2.60. The van der Waals surface area contributed by atoms with Crippen molar-refractivity contribution >= 4 is 17.7 Å². The molecule has 0 aromatic heterocycles. The summed E-state index contributed by atoms with van der Waals surface area (Å²) in [5, 5.41) is 2.93. The molecule has 28 heavy (non-hydrogen) atoms. The topological polar surface area (TPSA) is 87.3 Å². The summed E-state index contributed by atoms with van der Waals surface area (Å²) < 4.78 is 13.5. The zero-order valence-electron chi connectivity index (χ0n) is 15.8. The standard InChI is InChI=1S/C21H26FN3O3/c22-17-4-2-1-3-16(17)19(27)25-24-18(26)5-6-23-20(28)21-10-13-7-14(11-21)9-15(8-13)12-21/h1-4,13-15H,5-12H2,(H,23,28)(H,24,26)(H,25,27). The van der Waals surface area contributed by atoms with Crippen LogP contribution in [0.2, 0.25) is 0 Å². The lowest BCUT2D eigenvalue weighted by Gasteiger charge is -2.55. The molecule has 7 heteroatoms. The number of hydrogen-bond acceptors (Lipinski definition) is 3. The largest absolute Gasteiger partial charge is 0.355 e. The van der Waals surface area contributed by atoms with Gasteiger partial charge in [0.05, 0.1) is 5.56 Å². The van der Waals surface area contributed by atoms with Crippen LogP contribution in [0.1, 0.15) is 55.3 Å². The fourth-order valence-electron chi connectivity index (χ4n) is 5.77. The molecule has 0 heterocycles. The van der Waals surface area contributed by atoms with Gasteiger partial charge in [-0.05, 0) is 68.4 Å². The van der Waals surface area contributed by atoms with E-state index in [2.05, 4.69) is 16.2 Å². The van der Waals surface area contributed by atoms with E-state index >= 15 is 0 Å². The van der Waals surface area contributed by atoms with Crippen molar-refractivity contribution in [2.24, 2.45) is 23.2 Å². The van der Waals surface area contributed by atoms with E-state index in [4.69, 9.17) is 0 Å². The van der Waals surface area contributed by atoms with Crippen molar-refractivity contribution in [1.82, 2.24) is 16.2 Å². The molecule has 4 bridgehead atoms. The third-order valence-corrected chi connectivity index (χ3v) is 6.59. The third-order valence-electron chi connectivity index (χ3n) is 6.59. The summed E-state index contributed by atoms with van der Waals surface area (Å²) in [7, 11) is 0. The van der Waals surface area contributed by atoms with E-state index in [1.807, 2.05) is 0 Å². The second-order valence-corrected chi connectivity index (χ2v) is 8.69. The Kier molecular flexibility index (Phi) is 5.08. The van der Waals surface area contributed by atoms with Crippen LogP contribution in [0.3, 0.4) is 0 Å². The van der Waals surface area contributed by atoms with Crippen LogP contribution in [0.5, 0.6) is 0 Å². The second-order valence-electron chi connectivity index (χ2n) is 8.69. The summed E-state index contributed by atoms with van der Waals surface area (Å²) in [6.45, 7) is 0.224. The van der Waals surface area contributed by atoms with Gasteiger partial charge in [0.2, 0.25) is 11.8 Å². The number of halogens is 1. The minimum absolute atomic E-state index is 0.0512. The predicted molar refractivity (Wildman–Crippen MR) is 100 cm³/mol. The van der Waals surface area contributed by atoms with E-state index in [9.17, 15) is 18.8 Å². The molecule has 3 amide bonds. The van der Waals surface area contributed by atoms with Crippen molar-refractivity contribution in [3.05, 3.63) is 35.6 Å². The highest BCUT2D eigenvalue weighted by Gasteiger charge is 2.54. The molecule has 0 unspecified atom stereocenters. The van der Waals surface area contributed by atoms with E-state index in [1.54, 1.807) is 6.07 Å². The lowest BCUT2D eigenvalue weighted by Crippen LogP contribution is -2.54. The summed E-state index contributed by atoms with van der Waals surface area (Å²) in [6, 6.07) is 5.54. The third kappa shape index (κ3) is 3.75. The first-order valence-electron chi connectivity index (χ1n) is 10.1. The first-order valence-corrected chi connectivity index (χ1v) is 10.1. The Labute approximate surface area is 163 Å². The first kappa shape index (κ1) is 18.9. The number of hydrazine groups is 1. The molecule has 1 aromatic carbocycles. The Morgan fingerprint density at radius 3 is 2.18 bits per heavy atom. The average molecular weight is 387 g/mol. The van der Waals surface area contributed by atoms with Gasteiger partial charge in [0.15, 0.2) is 0 Å². The van der Waals surface area contributed by atoms with Crippen molar-refractivity contribution in [2.45, 2.75) is 44.9 Å². The molecule has 0 aliphatic heterocycles. The molecule has 4 aliphatic carbocycles. The van der Waals surface area contributed by atoms with Gasteiger partial charge in [0, 0.05) is 18.4 Å². The van der Waals surface area contributed by atoms with Crippen LogP contribution in [0.25, 0.3) is 0 Å². The first-order chi connectivity index (χ1) is 13.4. The normalized spacial score (nSPS) is 30.0. The van der Waals surface area contributed by atoms with Crippen LogP contribution in [-0.4, -0.2) is 24.3 Å². The molecule has 4 fully saturated rings. The Morgan fingerprint density at radius 2 is 1.57 bits per heavy atom. The van der Waals surface area contributed by atoms with E-state index in [-0.39, 0.29) is 29.9 Å². The smallest absolute Gasteiger partial charge is 0.272 e. The lowest BCUT2D eigenvalue weighted by atomic mass is 9.49. The molecule has 0 radical (unpaired) electrons. The number of carbonyl (C=O) groups is 3. The fourth-order valence-corrected chi connectivity index (χ4v) is 5.77. The monoisotopic (exact) mass is 387 g/mol. The minimum atomic E-state index is -0.718. The van der Waals surface area contributed by atoms with Crippen LogP contribution in [0.4, 0.5) is 4.39 Å². The molecule has 6 nitrogen and oxygen atoms in total. The van der Waals surface area contributed by atoms with Crippen molar-refractivity contribution < 1.29 is 18.8 Å². The quantitative estimate of drug-likeness (QED) is 0.678. The van der Waals surface area contributed by atoms with Crippen molar-refractivity contribution in [3.63, 3.8) is 0 Å². The number of benzene rings is 1. The second kappa shape index (κ2) is 7.53. The summed E-state index contributed by atoms with van der Waals surface area (Å²) in [5.74, 6) is 0.336. The number of rotatable bonds is 5. The number of carbonyl (C=O) groups excluding carboxylic acids is 3. The van der Waals surface area contributed by atoms with Crippen LogP contribution >= 0.6 is 0 Å². The van der Waals surface area contributed by atoms with E-state index < -0.39 is 17.6 Å². The molecule has 150 valence electrons. The van der Waals surface area contributed by atoms with Crippen molar-refractivity contribution in [3.8, 4) is 0 Å². The van der Waals surface area contributed by atoms with Crippen LogP contribution in [-0.2, 0) is 9.59 Å². The summed E-state index contributed by atoms with van der Waals surface area (Å²) in [5.41, 5.74) is 4.08. The van der Waals surface area contributed by atoms with Gasteiger partial charge < -0.3 is 5.32 Å². The maximum Gasteiger partial charge on any atom is 0.272 e. The average Bonchev–Trinajstić information content (AvgIpc) is 2.65. The van der Waals surface area contributed by atoms with Crippen LogP contribution < -0.4 is 16.2 Å². The molecule has 0 saturated heterocycles. The molecular formula is C21H26FN3O3. The molecule has 3 N–H and O–H groups in total. The van der Waals surface area contributed by atoms with Gasteiger partial charge in [0.1, 0.15) is 5.82 Å². The van der Waals surface area contributed by atoms with Gasteiger partial charge in [-0.1, -0.05) is 12.1 Å². The Balaban J connectivity index is 1.21. The van der Waals surface area contributed by atoms with Gasteiger partial charge >= 0.3 is 0 Å². The molecule has 1 aromatic rings. The van der Waals surface area contributed by atoms with Crippen LogP contribution in [0.15, 0.2) is 24.3 Å². The molecule has 0 spiro atoms. The molecule has 4 aliphatic rings. The summed E-state index contributed by atoms with van der Waals surface area (Å²) in [6.07, 6.45) is 6.82. The number of nitrogens with one attached hydrogen (secondary N) is 3. The van der Waals surface area contributed by atoms with Gasteiger partial charge in [0.25, 0.3) is 5.91 Å². The van der Waals surface area contributed by atoms with E-state index in [0.29, 0.717) is 17.8 Å². The summed E-state index contributed by atoms with van der Waals surface area (Å²) >= 11 is 0. The Morgan fingerprint density at radius 1 is 0.964 bits per heavy atom. The lowest BCUT2D eigenvalue weighted by molar-refractivity contribution is -0.146. The van der Waals surface area contributed by atoms with Gasteiger partial charge in [-0.2, -0.15) is 0 Å². The van der Waals surface area contributed by atoms with Gasteiger partial charge in [-0.3, -0.25) is 25.2 Å². The van der Waals surface area contributed by atoms with Crippen molar-refractivity contribution in [2.75, 3.05) is 6.54 Å². The number of hydrogen-bond donors (Lipinski definition) is 3. The SMILES string of the molecule is O=C(CCNC(=O)C12CC3CC(CC(C3)C1)C2)NNC(=O)c1ccccc1F. The predicted octanol–water partition coefficient (Wildman–Crippen LogP) is 2.31. The fraction of sp³-hybridized carbons (Fsp3) is 0.571. The maximum absolute atomic E-state index is 13.5. The van der Waals surface area contributed by atoms with Crippen LogP contribution in [0, 0.1) is 29.0 Å². The van der Waals surface area contributed by atoms with Crippen molar-refractivity contribution in [1.29, 1.82) is 0 Å². The molecular weight excluding hydrogens is 361 g/mol. The maximum atomic E-state index is 13.5.